The molecule has 174 valence electrons. The van der Waals surface area contributed by atoms with E-state index in [0.717, 1.165) is 28.8 Å². The van der Waals surface area contributed by atoms with Crippen molar-refractivity contribution in [2.75, 3.05) is 11.9 Å². The summed E-state index contributed by atoms with van der Waals surface area (Å²) in [6.45, 7) is 2.95. The molecule has 1 aliphatic carbocycles. The molecule has 2 aliphatic rings. The standard InChI is InChI=1S/C28H26ClNO4/c1-2-33-25-15-18(11-12-24(25)34-16-17-7-4-3-5-8-17)26-21-10-6-9-20(21)22-13-19(28(31)32)14-23(29)27(22)30-26/h3-9,11-15,20-21,26,30H,2,10,16H2,1H3,(H,31,32)/t20-,21+,26+/m1/s1. The van der Waals surface area contributed by atoms with Gasteiger partial charge in [0.2, 0.25) is 0 Å². The number of ether oxygens (including phenoxy) is 2. The van der Waals surface area contributed by atoms with Crippen molar-refractivity contribution in [3.05, 3.63) is 100 Å². The molecule has 0 aromatic heterocycles. The maximum Gasteiger partial charge on any atom is 0.335 e. The van der Waals surface area contributed by atoms with Crippen LogP contribution < -0.4 is 14.8 Å². The van der Waals surface area contributed by atoms with Crippen molar-refractivity contribution < 1.29 is 19.4 Å². The van der Waals surface area contributed by atoms with E-state index >= 15 is 0 Å². The lowest BCUT2D eigenvalue weighted by atomic mass is 9.76. The molecule has 0 saturated heterocycles. The second-order valence-corrected chi connectivity index (χ2v) is 9.02. The van der Waals surface area contributed by atoms with E-state index in [-0.39, 0.29) is 23.4 Å². The van der Waals surface area contributed by atoms with Crippen molar-refractivity contribution >= 4 is 23.3 Å². The van der Waals surface area contributed by atoms with Gasteiger partial charge in [-0.05, 0) is 60.2 Å². The van der Waals surface area contributed by atoms with Gasteiger partial charge in [-0.1, -0.05) is 60.2 Å². The van der Waals surface area contributed by atoms with Crippen LogP contribution >= 0.6 is 11.6 Å². The summed E-state index contributed by atoms with van der Waals surface area (Å²) in [5.41, 5.74) is 4.12. The van der Waals surface area contributed by atoms with Gasteiger partial charge < -0.3 is 19.9 Å². The minimum atomic E-state index is -0.974. The Morgan fingerprint density at radius 1 is 1.09 bits per heavy atom. The smallest absolute Gasteiger partial charge is 0.335 e. The van der Waals surface area contributed by atoms with E-state index in [2.05, 4.69) is 23.5 Å². The number of carboxylic acids is 1. The molecular weight excluding hydrogens is 450 g/mol. The monoisotopic (exact) mass is 475 g/mol. The average molecular weight is 476 g/mol. The molecule has 0 bridgehead atoms. The maximum absolute atomic E-state index is 11.6. The van der Waals surface area contributed by atoms with E-state index in [9.17, 15) is 9.90 Å². The van der Waals surface area contributed by atoms with Crippen molar-refractivity contribution in [1.82, 2.24) is 0 Å². The Hall–Kier alpha value is -3.44. The van der Waals surface area contributed by atoms with Crippen molar-refractivity contribution in [1.29, 1.82) is 0 Å². The molecule has 1 heterocycles. The number of hydrogen-bond acceptors (Lipinski definition) is 4. The SMILES string of the molecule is CCOc1cc([C@@H]2Nc3c(Cl)cc(C(=O)O)cc3[C@@H]3C=CC[C@@H]32)ccc1OCc1ccccc1. The Kier molecular flexibility index (Phi) is 6.20. The summed E-state index contributed by atoms with van der Waals surface area (Å²) < 4.78 is 12.0. The lowest BCUT2D eigenvalue weighted by Crippen LogP contribution is -2.29. The summed E-state index contributed by atoms with van der Waals surface area (Å²) >= 11 is 6.55. The lowest BCUT2D eigenvalue weighted by Gasteiger charge is -2.38. The number of rotatable bonds is 7. The van der Waals surface area contributed by atoms with Gasteiger partial charge in [-0.25, -0.2) is 4.79 Å². The molecule has 6 heteroatoms. The summed E-state index contributed by atoms with van der Waals surface area (Å²) in [4.78, 5) is 11.6. The second-order valence-electron chi connectivity index (χ2n) is 8.62. The van der Waals surface area contributed by atoms with Crippen LogP contribution in [-0.4, -0.2) is 17.7 Å². The van der Waals surface area contributed by atoms with Gasteiger partial charge in [0, 0.05) is 5.92 Å². The first-order valence-corrected chi connectivity index (χ1v) is 11.9. The highest BCUT2D eigenvalue weighted by atomic mass is 35.5. The quantitative estimate of drug-likeness (QED) is 0.366. The zero-order valence-corrected chi connectivity index (χ0v) is 19.6. The Bertz CT molecular complexity index is 1240. The number of carboxylic acid groups (broad SMARTS) is 1. The van der Waals surface area contributed by atoms with Gasteiger partial charge in [0.1, 0.15) is 6.61 Å². The largest absolute Gasteiger partial charge is 0.490 e. The minimum Gasteiger partial charge on any atom is -0.490 e. The van der Waals surface area contributed by atoms with Crippen LogP contribution in [0.1, 0.15) is 52.4 Å². The number of benzene rings is 3. The number of halogens is 1. The molecular formula is C28H26ClNO4. The fourth-order valence-electron chi connectivity index (χ4n) is 4.95. The molecule has 2 N–H and O–H groups in total. The second kappa shape index (κ2) is 9.43. The van der Waals surface area contributed by atoms with Crippen LogP contribution in [0, 0.1) is 5.92 Å². The average Bonchev–Trinajstić information content (AvgIpc) is 3.34. The highest BCUT2D eigenvalue weighted by Gasteiger charge is 2.39. The van der Waals surface area contributed by atoms with Gasteiger partial charge in [-0.3, -0.25) is 0 Å². The Labute approximate surface area is 204 Å². The molecule has 3 aromatic rings. The van der Waals surface area contributed by atoms with Gasteiger partial charge in [-0.15, -0.1) is 0 Å². The molecule has 3 aromatic carbocycles. The number of aromatic carboxylic acids is 1. The van der Waals surface area contributed by atoms with Crippen LogP contribution in [0.15, 0.2) is 72.8 Å². The van der Waals surface area contributed by atoms with E-state index < -0.39 is 5.97 Å². The highest BCUT2D eigenvalue weighted by Crippen LogP contribution is 2.52. The molecule has 0 radical (unpaired) electrons. The van der Waals surface area contributed by atoms with E-state index in [1.165, 1.54) is 6.07 Å². The first-order valence-electron chi connectivity index (χ1n) is 11.5. The normalized spacial score (nSPS) is 20.2. The van der Waals surface area contributed by atoms with Crippen LogP contribution in [-0.2, 0) is 6.61 Å². The van der Waals surface area contributed by atoms with Crippen molar-refractivity contribution in [2.45, 2.75) is 31.9 Å². The Balaban J connectivity index is 1.46. The number of nitrogens with one attached hydrogen (secondary N) is 1. The van der Waals surface area contributed by atoms with Gasteiger partial charge in [0.15, 0.2) is 11.5 Å². The third-order valence-electron chi connectivity index (χ3n) is 6.53. The number of fused-ring (bicyclic) bond motifs is 3. The molecule has 0 saturated carbocycles. The summed E-state index contributed by atoms with van der Waals surface area (Å²) in [7, 11) is 0. The van der Waals surface area contributed by atoms with Gasteiger partial charge in [-0.2, -0.15) is 0 Å². The van der Waals surface area contributed by atoms with Gasteiger partial charge in [0.05, 0.1) is 28.9 Å². The lowest BCUT2D eigenvalue weighted by molar-refractivity contribution is 0.0696. The van der Waals surface area contributed by atoms with Crippen LogP contribution in [0.4, 0.5) is 5.69 Å². The summed E-state index contributed by atoms with van der Waals surface area (Å²) in [6, 6.07) is 19.4. The summed E-state index contributed by atoms with van der Waals surface area (Å²) in [5, 5.41) is 13.5. The van der Waals surface area contributed by atoms with Gasteiger partial charge in [0.25, 0.3) is 0 Å². The van der Waals surface area contributed by atoms with Gasteiger partial charge >= 0.3 is 5.97 Å². The van der Waals surface area contributed by atoms with Crippen LogP contribution in [0.2, 0.25) is 5.02 Å². The zero-order chi connectivity index (χ0) is 23.7. The molecule has 34 heavy (non-hydrogen) atoms. The minimum absolute atomic E-state index is 0.00283. The topological polar surface area (TPSA) is 67.8 Å². The van der Waals surface area contributed by atoms with Crippen molar-refractivity contribution in [3.63, 3.8) is 0 Å². The molecule has 0 fully saturated rings. The third kappa shape index (κ3) is 4.24. The Morgan fingerprint density at radius 2 is 1.91 bits per heavy atom. The predicted octanol–water partition coefficient (Wildman–Crippen LogP) is 6.84. The summed E-state index contributed by atoms with van der Waals surface area (Å²) in [6.07, 6.45) is 5.23. The molecule has 0 spiro atoms. The summed E-state index contributed by atoms with van der Waals surface area (Å²) in [5.74, 6) is 0.785. The number of allylic oxidation sites excluding steroid dienone is 2. The fourth-order valence-corrected chi connectivity index (χ4v) is 5.23. The maximum atomic E-state index is 11.6. The highest BCUT2D eigenvalue weighted by molar-refractivity contribution is 6.33. The number of hydrogen-bond donors (Lipinski definition) is 2. The fraction of sp³-hybridized carbons (Fsp3) is 0.250. The van der Waals surface area contributed by atoms with Crippen molar-refractivity contribution in [2.24, 2.45) is 5.92 Å². The van der Waals surface area contributed by atoms with E-state index in [1.807, 2.05) is 49.4 Å². The molecule has 5 rings (SSSR count). The molecule has 0 unspecified atom stereocenters. The van der Waals surface area contributed by atoms with E-state index in [4.69, 9.17) is 21.1 Å². The predicted molar refractivity (Wildman–Crippen MR) is 133 cm³/mol. The first kappa shape index (κ1) is 22.4. The number of anilines is 1. The number of carbonyl (C=O) groups is 1. The molecule has 0 amide bonds. The molecule has 3 atom stereocenters. The molecule has 1 aliphatic heterocycles. The van der Waals surface area contributed by atoms with Crippen molar-refractivity contribution in [3.8, 4) is 11.5 Å². The zero-order valence-electron chi connectivity index (χ0n) is 18.8. The third-order valence-corrected chi connectivity index (χ3v) is 6.83. The van der Waals surface area contributed by atoms with Crippen LogP contribution in [0.5, 0.6) is 11.5 Å². The van der Waals surface area contributed by atoms with E-state index in [0.29, 0.717) is 29.7 Å². The molecule has 5 nitrogen and oxygen atoms in total. The first-order chi connectivity index (χ1) is 16.5. The van der Waals surface area contributed by atoms with E-state index in [1.54, 1.807) is 6.07 Å². The van der Waals surface area contributed by atoms with Crippen LogP contribution in [0.3, 0.4) is 0 Å². The van der Waals surface area contributed by atoms with Crippen LogP contribution in [0.25, 0.3) is 0 Å². The Morgan fingerprint density at radius 3 is 2.68 bits per heavy atom.